The smallest absolute Gasteiger partial charge is 0.286 e. The van der Waals surface area contributed by atoms with E-state index in [-0.39, 0.29) is 23.2 Å². The summed E-state index contributed by atoms with van der Waals surface area (Å²) >= 11 is 12.1. The summed E-state index contributed by atoms with van der Waals surface area (Å²) in [6, 6.07) is 16.4. The van der Waals surface area contributed by atoms with Gasteiger partial charge >= 0.3 is 0 Å². The van der Waals surface area contributed by atoms with Crippen molar-refractivity contribution in [1.29, 1.82) is 0 Å². The van der Waals surface area contributed by atoms with Gasteiger partial charge in [-0.1, -0.05) is 41.4 Å². The number of benzene rings is 2. The molecule has 0 saturated heterocycles. The summed E-state index contributed by atoms with van der Waals surface area (Å²) in [5.74, 6) is 0.510. The summed E-state index contributed by atoms with van der Waals surface area (Å²) in [6.07, 6.45) is 1.46. The maximum absolute atomic E-state index is 13.1. The van der Waals surface area contributed by atoms with E-state index in [1.54, 1.807) is 18.2 Å². The van der Waals surface area contributed by atoms with Crippen molar-refractivity contribution in [3.63, 3.8) is 0 Å². The lowest BCUT2D eigenvalue weighted by molar-refractivity contribution is 0.573. The molecular weight excluding hydrogens is 435 g/mol. The maximum Gasteiger partial charge on any atom is 0.286 e. The Hall–Kier alpha value is -2.81. The van der Waals surface area contributed by atoms with Crippen molar-refractivity contribution in [1.82, 2.24) is 14.2 Å². The SMILES string of the molecule is O=S(=O)(c1ccc(Cl)cc1)n1nc(-c2ccco2)nc1NCc1ccccc1Cl. The molecule has 1 N–H and O–H groups in total. The molecule has 148 valence electrons. The third-order valence-electron chi connectivity index (χ3n) is 4.05. The molecule has 0 radical (unpaired) electrons. The summed E-state index contributed by atoms with van der Waals surface area (Å²) in [5, 5.41) is 8.13. The number of hydrogen-bond acceptors (Lipinski definition) is 6. The summed E-state index contributed by atoms with van der Waals surface area (Å²) in [4.78, 5) is 4.33. The largest absolute Gasteiger partial charge is 0.461 e. The third kappa shape index (κ3) is 4.00. The molecule has 4 aromatic rings. The second kappa shape index (κ2) is 7.90. The highest BCUT2D eigenvalue weighted by atomic mass is 35.5. The number of anilines is 1. The molecule has 0 aliphatic rings. The van der Waals surface area contributed by atoms with Crippen LogP contribution < -0.4 is 5.32 Å². The minimum Gasteiger partial charge on any atom is -0.461 e. The van der Waals surface area contributed by atoms with Crippen molar-refractivity contribution >= 4 is 39.2 Å². The van der Waals surface area contributed by atoms with Gasteiger partial charge in [0.15, 0.2) is 5.76 Å². The summed E-state index contributed by atoms with van der Waals surface area (Å²) in [5.41, 5.74) is 0.784. The standard InChI is InChI=1S/C19H14Cl2N4O3S/c20-14-7-9-15(10-8-14)29(26,27)25-19(22-12-13-4-1-2-5-16(13)21)23-18(24-25)17-6-3-11-28-17/h1-11H,12H2,(H,22,23,24). The van der Waals surface area contributed by atoms with E-state index < -0.39 is 10.0 Å². The first-order chi connectivity index (χ1) is 13.9. The van der Waals surface area contributed by atoms with E-state index in [2.05, 4.69) is 15.4 Å². The van der Waals surface area contributed by atoms with Crippen molar-refractivity contribution in [3.8, 4) is 11.6 Å². The van der Waals surface area contributed by atoms with E-state index in [9.17, 15) is 8.42 Å². The maximum atomic E-state index is 13.1. The molecular formula is C19H14Cl2N4O3S. The van der Waals surface area contributed by atoms with Crippen LogP contribution in [0, 0.1) is 0 Å². The topological polar surface area (TPSA) is 90.0 Å². The van der Waals surface area contributed by atoms with Crippen molar-refractivity contribution < 1.29 is 12.8 Å². The molecule has 10 heteroatoms. The Kier molecular flexibility index (Phi) is 5.31. The van der Waals surface area contributed by atoms with Crippen LogP contribution in [0.25, 0.3) is 11.6 Å². The summed E-state index contributed by atoms with van der Waals surface area (Å²) in [7, 11) is -4.02. The molecule has 0 atom stereocenters. The lowest BCUT2D eigenvalue weighted by Crippen LogP contribution is -2.18. The van der Waals surface area contributed by atoms with E-state index in [1.165, 1.54) is 30.5 Å². The number of aromatic nitrogens is 3. The molecule has 0 bridgehead atoms. The minimum absolute atomic E-state index is 0.0265. The quantitative estimate of drug-likeness (QED) is 0.459. The molecule has 0 amide bonds. The van der Waals surface area contributed by atoms with Gasteiger partial charge in [-0.3, -0.25) is 0 Å². The van der Waals surface area contributed by atoms with Gasteiger partial charge < -0.3 is 9.73 Å². The highest BCUT2D eigenvalue weighted by Crippen LogP contribution is 2.24. The molecule has 0 fully saturated rings. The van der Waals surface area contributed by atoms with Crippen molar-refractivity contribution in [2.75, 3.05) is 5.32 Å². The number of nitrogens with one attached hydrogen (secondary N) is 1. The fourth-order valence-corrected chi connectivity index (χ4v) is 4.13. The summed E-state index contributed by atoms with van der Waals surface area (Å²) in [6.45, 7) is 0.256. The van der Waals surface area contributed by atoms with E-state index in [0.29, 0.717) is 15.8 Å². The minimum atomic E-state index is -4.02. The average Bonchev–Trinajstić information content (AvgIpc) is 3.38. The third-order valence-corrected chi connectivity index (χ3v) is 6.25. The van der Waals surface area contributed by atoms with Crippen molar-refractivity contribution in [2.45, 2.75) is 11.4 Å². The van der Waals surface area contributed by atoms with Crippen LogP contribution >= 0.6 is 23.2 Å². The van der Waals surface area contributed by atoms with E-state index >= 15 is 0 Å². The van der Waals surface area contributed by atoms with Gasteiger partial charge in [0.2, 0.25) is 11.8 Å². The molecule has 29 heavy (non-hydrogen) atoms. The number of furan rings is 1. The van der Waals surface area contributed by atoms with Gasteiger partial charge in [0.25, 0.3) is 10.0 Å². The van der Waals surface area contributed by atoms with Crippen molar-refractivity contribution in [2.24, 2.45) is 0 Å². The molecule has 2 heterocycles. The van der Waals surface area contributed by atoms with Crippen LogP contribution in [-0.2, 0) is 16.6 Å². The Balaban J connectivity index is 1.75. The Morgan fingerprint density at radius 3 is 2.45 bits per heavy atom. The predicted molar refractivity (Wildman–Crippen MR) is 111 cm³/mol. The van der Waals surface area contributed by atoms with Crippen LogP contribution in [0.15, 0.2) is 76.2 Å². The molecule has 7 nitrogen and oxygen atoms in total. The van der Waals surface area contributed by atoms with Gasteiger partial charge in [0.05, 0.1) is 11.2 Å². The average molecular weight is 449 g/mol. The normalized spacial score (nSPS) is 11.5. The highest BCUT2D eigenvalue weighted by molar-refractivity contribution is 7.90. The fourth-order valence-electron chi connectivity index (χ4n) is 2.61. The van der Waals surface area contributed by atoms with Gasteiger partial charge in [-0.05, 0) is 48.0 Å². The van der Waals surface area contributed by atoms with Crippen LogP contribution in [0.5, 0.6) is 0 Å². The van der Waals surface area contributed by atoms with Crippen LogP contribution in [0.3, 0.4) is 0 Å². The van der Waals surface area contributed by atoms with E-state index in [0.717, 1.165) is 9.65 Å². The first-order valence-electron chi connectivity index (χ1n) is 8.44. The number of rotatable bonds is 6. The van der Waals surface area contributed by atoms with Crippen LogP contribution in [-0.4, -0.2) is 22.6 Å². The second-order valence-corrected chi connectivity index (χ2v) is 8.59. The fraction of sp³-hybridized carbons (Fsp3) is 0.0526. The number of halogens is 2. The second-order valence-electron chi connectivity index (χ2n) is 5.98. The van der Waals surface area contributed by atoms with Crippen LogP contribution in [0.4, 0.5) is 5.95 Å². The van der Waals surface area contributed by atoms with Gasteiger partial charge in [-0.25, -0.2) is 0 Å². The Morgan fingerprint density at radius 2 is 1.76 bits per heavy atom. The number of hydrogen-bond donors (Lipinski definition) is 1. The van der Waals surface area contributed by atoms with Crippen molar-refractivity contribution in [3.05, 3.63) is 82.5 Å². The number of nitrogens with zero attached hydrogens (tertiary/aromatic N) is 3. The molecule has 0 aliphatic heterocycles. The highest BCUT2D eigenvalue weighted by Gasteiger charge is 2.25. The zero-order chi connectivity index (χ0) is 20.4. The molecule has 0 unspecified atom stereocenters. The van der Waals surface area contributed by atoms with E-state index in [1.807, 2.05) is 18.2 Å². The Bertz CT molecular complexity index is 1240. The van der Waals surface area contributed by atoms with Gasteiger partial charge in [0.1, 0.15) is 0 Å². The van der Waals surface area contributed by atoms with E-state index in [4.69, 9.17) is 27.6 Å². The Labute approximate surface area is 177 Å². The Morgan fingerprint density at radius 1 is 1.00 bits per heavy atom. The molecule has 2 aromatic heterocycles. The molecule has 2 aromatic carbocycles. The van der Waals surface area contributed by atoms with Crippen LogP contribution in [0.1, 0.15) is 5.56 Å². The molecule has 0 saturated carbocycles. The summed E-state index contributed by atoms with van der Waals surface area (Å²) < 4.78 is 32.4. The lowest BCUT2D eigenvalue weighted by Gasteiger charge is -2.10. The van der Waals surface area contributed by atoms with Gasteiger partial charge in [-0.15, -0.1) is 9.19 Å². The van der Waals surface area contributed by atoms with Gasteiger partial charge in [0, 0.05) is 16.6 Å². The zero-order valence-electron chi connectivity index (χ0n) is 14.8. The molecule has 0 aliphatic carbocycles. The van der Waals surface area contributed by atoms with Gasteiger partial charge in [-0.2, -0.15) is 13.4 Å². The first-order valence-corrected chi connectivity index (χ1v) is 10.6. The molecule has 4 rings (SSSR count). The predicted octanol–water partition coefficient (Wildman–Crippen LogP) is 4.69. The van der Waals surface area contributed by atoms with Crippen LogP contribution in [0.2, 0.25) is 10.0 Å². The molecule has 0 spiro atoms. The lowest BCUT2D eigenvalue weighted by atomic mass is 10.2. The zero-order valence-corrected chi connectivity index (χ0v) is 17.1. The monoisotopic (exact) mass is 448 g/mol. The first kappa shape index (κ1) is 19.5.